The van der Waals surface area contributed by atoms with Crippen molar-refractivity contribution >= 4 is 23.4 Å². The molecular weight excluding hydrogens is 368 g/mol. The molecule has 3 rings (SSSR count). The third-order valence-electron chi connectivity index (χ3n) is 4.32. The van der Waals surface area contributed by atoms with Crippen molar-refractivity contribution in [3.8, 4) is 0 Å². The van der Waals surface area contributed by atoms with Crippen LogP contribution in [-0.2, 0) is 17.8 Å². The van der Waals surface area contributed by atoms with Crippen molar-refractivity contribution in [1.29, 1.82) is 0 Å². The zero-order valence-electron chi connectivity index (χ0n) is 16.0. The predicted octanol–water partition coefficient (Wildman–Crippen LogP) is 4.20. The average molecular weight is 393 g/mol. The number of rotatable bonds is 9. The second-order valence-electron chi connectivity index (χ2n) is 6.22. The maximum absolute atomic E-state index is 12.8. The van der Waals surface area contributed by atoms with E-state index in [4.69, 9.17) is 0 Å². The summed E-state index contributed by atoms with van der Waals surface area (Å²) in [6.45, 7) is 7.08. The van der Waals surface area contributed by atoms with E-state index in [9.17, 15) is 4.79 Å². The van der Waals surface area contributed by atoms with E-state index in [-0.39, 0.29) is 5.91 Å². The Bertz CT molecular complexity index is 909. The van der Waals surface area contributed by atoms with E-state index in [1.165, 1.54) is 17.3 Å². The predicted molar refractivity (Wildman–Crippen MR) is 115 cm³/mol. The van der Waals surface area contributed by atoms with Gasteiger partial charge in [-0.15, -0.1) is 16.8 Å². The van der Waals surface area contributed by atoms with Gasteiger partial charge in [-0.2, -0.15) is 0 Å². The molecule has 1 aromatic heterocycles. The Labute approximate surface area is 170 Å². The smallest absolute Gasteiger partial charge is 0.237 e. The lowest BCUT2D eigenvalue weighted by Gasteiger charge is -2.21. The van der Waals surface area contributed by atoms with E-state index in [2.05, 4.69) is 40.4 Å². The molecule has 6 heteroatoms. The number of hydrogen-bond donors (Lipinski definition) is 0. The summed E-state index contributed by atoms with van der Waals surface area (Å²) >= 11 is 1.42. The van der Waals surface area contributed by atoms with Gasteiger partial charge in [0.25, 0.3) is 0 Å². The van der Waals surface area contributed by atoms with E-state index in [0.29, 0.717) is 12.3 Å². The highest BCUT2D eigenvalue weighted by atomic mass is 32.2. The maximum atomic E-state index is 12.8. The molecule has 0 aliphatic carbocycles. The molecule has 0 spiro atoms. The van der Waals surface area contributed by atoms with Gasteiger partial charge in [0.15, 0.2) is 5.16 Å². The van der Waals surface area contributed by atoms with Crippen molar-refractivity contribution in [2.45, 2.75) is 25.0 Å². The number of carbonyl (C=O) groups excluding carboxylic acids is 1. The molecule has 1 amide bonds. The fourth-order valence-corrected chi connectivity index (χ4v) is 3.84. The van der Waals surface area contributed by atoms with Crippen molar-refractivity contribution in [2.24, 2.45) is 0 Å². The van der Waals surface area contributed by atoms with Gasteiger partial charge in [0.05, 0.1) is 5.75 Å². The van der Waals surface area contributed by atoms with Gasteiger partial charge in [-0.25, -0.2) is 0 Å². The highest BCUT2D eigenvalue weighted by Crippen LogP contribution is 2.21. The minimum atomic E-state index is 0.0198. The molecule has 144 valence electrons. The number of carbonyl (C=O) groups is 1. The van der Waals surface area contributed by atoms with Gasteiger partial charge in [-0.05, 0) is 24.6 Å². The van der Waals surface area contributed by atoms with Crippen molar-refractivity contribution in [3.63, 3.8) is 0 Å². The number of thioether (sulfide) groups is 1. The third-order valence-corrected chi connectivity index (χ3v) is 5.27. The Morgan fingerprint density at radius 2 is 1.79 bits per heavy atom. The molecule has 3 aromatic rings. The molecule has 0 radical (unpaired) electrons. The summed E-state index contributed by atoms with van der Waals surface area (Å²) in [5.74, 6) is 1.23. The molecule has 0 atom stereocenters. The summed E-state index contributed by atoms with van der Waals surface area (Å²) in [5, 5.41) is 9.44. The standard InChI is InChI=1S/C22H24N4OS/c1-3-15-26(19-13-9-6-10-14-19)21(27)17-28-22-24-23-20(25(22)4-2)16-18-11-7-5-8-12-18/h3,5-14H,1,4,15-17H2,2H3. The Morgan fingerprint density at radius 3 is 2.43 bits per heavy atom. The van der Waals surface area contributed by atoms with Crippen LogP contribution in [-0.4, -0.2) is 33.0 Å². The molecule has 0 aliphatic rings. The van der Waals surface area contributed by atoms with Crippen molar-refractivity contribution < 1.29 is 4.79 Å². The van der Waals surface area contributed by atoms with Crippen LogP contribution >= 0.6 is 11.8 Å². The van der Waals surface area contributed by atoms with Gasteiger partial charge in [0.2, 0.25) is 5.91 Å². The number of hydrogen-bond acceptors (Lipinski definition) is 4. The van der Waals surface area contributed by atoms with Crippen LogP contribution in [0.5, 0.6) is 0 Å². The number of benzene rings is 2. The summed E-state index contributed by atoms with van der Waals surface area (Å²) in [6, 6.07) is 19.9. The van der Waals surface area contributed by atoms with Crippen molar-refractivity contribution in [3.05, 3.63) is 84.7 Å². The summed E-state index contributed by atoms with van der Waals surface area (Å²) < 4.78 is 2.07. The second-order valence-corrected chi connectivity index (χ2v) is 7.17. The molecule has 0 bridgehead atoms. The third kappa shape index (κ3) is 4.89. The average Bonchev–Trinajstić information content (AvgIpc) is 3.13. The van der Waals surface area contributed by atoms with E-state index in [0.717, 1.165) is 29.6 Å². The Morgan fingerprint density at radius 1 is 1.11 bits per heavy atom. The first-order valence-electron chi connectivity index (χ1n) is 9.28. The highest BCUT2D eigenvalue weighted by molar-refractivity contribution is 7.99. The molecule has 0 unspecified atom stereocenters. The number of anilines is 1. The molecule has 1 heterocycles. The summed E-state index contributed by atoms with van der Waals surface area (Å²) in [6.07, 6.45) is 2.46. The lowest BCUT2D eigenvalue weighted by atomic mass is 10.1. The van der Waals surface area contributed by atoms with Gasteiger partial charge in [0, 0.05) is 25.2 Å². The second kappa shape index (κ2) is 9.90. The van der Waals surface area contributed by atoms with Crippen LogP contribution in [0.15, 0.2) is 78.5 Å². The molecule has 0 fully saturated rings. The normalized spacial score (nSPS) is 10.6. The van der Waals surface area contributed by atoms with Crippen LogP contribution in [0.4, 0.5) is 5.69 Å². The van der Waals surface area contributed by atoms with Crippen LogP contribution in [0.2, 0.25) is 0 Å². The van der Waals surface area contributed by atoms with Crippen LogP contribution in [0, 0.1) is 0 Å². The van der Waals surface area contributed by atoms with Crippen molar-refractivity contribution in [1.82, 2.24) is 14.8 Å². The molecule has 0 saturated carbocycles. The monoisotopic (exact) mass is 392 g/mol. The number of amides is 1. The first-order chi connectivity index (χ1) is 13.7. The van der Waals surface area contributed by atoms with Crippen molar-refractivity contribution in [2.75, 3.05) is 17.2 Å². The fraction of sp³-hybridized carbons (Fsp3) is 0.227. The Kier molecular flexibility index (Phi) is 7.03. The summed E-state index contributed by atoms with van der Waals surface area (Å²) in [4.78, 5) is 14.5. The lowest BCUT2D eigenvalue weighted by Crippen LogP contribution is -2.32. The zero-order chi connectivity index (χ0) is 19.8. The fourth-order valence-electron chi connectivity index (χ4n) is 2.95. The van der Waals surface area contributed by atoms with Crippen LogP contribution in [0.25, 0.3) is 0 Å². The van der Waals surface area contributed by atoms with Gasteiger partial charge in [-0.1, -0.05) is 66.4 Å². The SMILES string of the molecule is C=CCN(C(=O)CSc1nnc(Cc2ccccc2)n1CC)c1ccccc1. The van der Waals surface area contributed by atoms with Crippen LogP contribution in [0.3, 0.4) is 0 Å². The minimum absolute atomic E-state index is 0.0198. The maximum Gasteiger partial charge on any atom is 0.237 e. The first-order valence-corrected chi connectivity index (χ1v) is 10.3. The topological polar surface area (TPSA) is 51.0 Å². The van der Waals surface area contributed by atoms with E-state index >= 15 is 0 Å². The molecule has 5 nitrogen and oxygen atoms in total. The van der Waals surface area contributed by atoms with E-state index in [1.54, 1.807) is 11.0 Å². The van der Waals surface area contributed by atoms with E-state index in [1.807, 2.05) is 48.5 Å². The first kappa shape index (κ1) is 19.9. The zero-order valence-corrected chi connectivity index (χ0v) is 16.8. The largest absolute Gasteiger partial charge is 0.308 e. The Balaban J connectivity index is 1.69. The Hall–Kier alpha value is -2.86. The van der Waals surface area contributed by atoms with E-state index < -0.39 is 0 Å². The van der Waals surface area contributed by atoms with Gasteiger partial charge >= 0.3 is 0 Å². The molecule has 2 aromatic carbocycles. The van der Waals surface area contributed by atoms with Gasteiger partial charge < -0.3 is 9.47 Å². The number of aromatic nitrogens is 3. The highest BCUT2D eigenvalue weighted by Gasteiger charge is 2.18. The number of para-hydroxylation sites is 1. The quantitative estimate of drug-likeness (QED) is 0.404. The minimum Gasteiger partial charge on any atom is -0.308 e. The van der Waals surface area contributed by atoms with Gasteiger partial charge in [-0.3, -0.25) is 4.79 Å². The van der Waals surface area contributed by atoms with Crippen LogP contribution in [0.1, 0.15) is 18.3 Å². The molecule has 28 heavy (non-hydrogen) atoms. The van der Waals surface area contributed by atoms with Gasteiger partial charge in [0.1, 0.15) is 5.82 Å². The molecule has 0 N–H and O–H groups in total. The summed E-state index contributed by atoms with van der Waals surface area (Å²) in [5.41, 5.74) is 2.06. The summed E-state index contributed by atoms with van der Waals surface area (Å²) in [7, 11) is 0. The van der Waals surface area contributed by atoms with Crippen LogP contribution < -0.4 is 4.90 Å². The lowest BCUT2D eigenvalue weighted by molar-refractivity contribution is -0.116. The number of nitrogens with zero attached hydrogens (tertiary/aromatic N) is 4. The molecule has 0 aliphatic heterocycles. The molecule has 0 saturated heterocycles. The molecular formula is C22H24N4OS.